The van der Waals surface area contributed by atoms with Gasteiger partial charge < -0.3 is 9.64 Å². The summed E-state index contributed by atoms with van der Waals surface area (Å²) in [6, 6.07) is 11.4. The van der Waals surface area contributed by atoms with Gasteiger partial charge in [0.15, 0.2) is 0 Å². The van der Waals surface area contributed by atoms with E-state index in [0.29, 0.717) is 18.0 Å². The summed E-state index contributed by atoms with van der Waals surface area (Å²) < 4.78 is 5.11. The second-order valence-electron chi connectivity index (χ2n) is 6.02. The van der Waals surface area contributed by atoms with Crippen LogP contribution < -0.4 is 9.64 Å². The van der Waals surface area contributed by atoms with Crippen molar-refractivity contribution < 1.29 is 4.74 Å². The zero-order valence-electron chi connectivity index (χ0n) is 12.7. The summed E-state index contributed by atoms with van der Waals surface area (Å²) in [6.07, 6.45) is 5.09. The Labute approximate surface area is 130 Å². The molecule has 2 atom stereocenters. The first-order valence-electron chi connectivity index (χ1n) is 7.74. The van der Waals surface area contributed by atoms with Crippen molar-refractivity contribution in [2.75, 3.05) is 25.1 Å². The number of rotatable bonds is 4. The maximum atomic E-state index is 5.11. The minimum Gasteiger partial charge on any atom is -0.481 e. The van der Waals surface area contributed by atoms with E-state index in [1.165, 1.54) is 12.0 Å². The van der Waals surface area contributed by atoms with Crippen LogP contribution in [-0.4, -0.2) is 47.2 Å². The highest BCUT2D eigenvalue weighted by Crippen LogP contribution is 2.35. The van der Waals surface area contributed by atoms with Gasteiger partial charge in [0.2, 0.25) is 5.88 Å². The molecule has 3 aliphatic rings. The van der Waals surface area contributed by atoms with Gasteiger partial charge in [-0.05, 0) is 24.1 Å². The van der Waals surface area contributed by atoms with Gasteiger partial charge in [-0.25, -0.2) is 9.97 Å². The number of piperidine rings is 1. The lowest BCUT2D eigenvalue weighted by atomic mass is 9.87. The highest BCUT2D eigenvalue weighted by atomic mass is 16.5. The fraction of sp³-hybridized carbons (Fsp3) is 0.412. The summed E-state index contributed by atoms with van der Waals surface area (Å²) in [4.78, 5) is 13.8. The number of anilines is 1. The van der Waals surface area contributed by atoms with E-state index in [-0.39, 0.29) is 0 Å². The summed E-state index contributed by atoms with van der Waals surface area (Å²) in [5, 5.41) is 0. The number of nitrogens with zero attached hydrogens (tertiary/aromatic N) is 4. The van der Waals surface area contributed by atoms with E-state index in [4.69, 9.17) is 4.74 Å². The van der Waals surface area contributed by atoms with Gasteiger partial charge in [0.05, 0.1) is 7.11 Å². The molecule has 0 amide bonds. The zero-order valence-corrected chi connectivity index (χ0v) is 12.7. The normalized spacial score (nSPS) is 24.0. The van der Waals surface area contributed by atoms with Crippen molar-refractivity contribution in [1.29, 1.82) is 0 Å². The minimum atomic E-state index is 0.628. The second-order valence-corrected chi connectivity index (χ2v) is 6.02. The molecule has 0 aromatic carbocycles. The zero-order chi connectivity index (χ0) is 14.9. The Morgan fingerprint density at radius 3 is 2.64 bits per heavy atom. The molecule has 3 aliphatic heterocycles. The first kappa shape index (κ1) is 13.5. The van der Waals surface area contributed by atoms with E-state index in [0.717, 1.165) is 25.5 Å². The Bertz CT molecular complexity index is 619. The lowest BCUT2D eigenvalue weighted by molar-refractivity contribution is -0.00876. The maximum absolute atomic E-state index is 5.11. The molecule has 0 radical (unpaired) electrons. The number of aromatic nitrogens is 2. The average molecular weight is 296 g/mol. The molecule has 2 aromatic rings. The number of hydrogen-bond acceptors (Lipinski definition) is 5. The van der Waals surface area contributed by atoms with Gasteiger partial charge in [0.25, 0.3) is 0 Å². The maximum Gasteiger partial charge on any atom is 0.212 e. The summed E-state index contributed by atoms with van der Waals surface area (Å²) in [7, 11) is 1.65. The molecule has 5 rings (SSSR count). The molecule has 5 nitrogen and oxygen atoms in total. The highest BCUT2D eigenvalue weighted by molar-refractivity contribution is 5.40. The summed E-state index contributed by atoms with van der Waals surface area (Å²) in [6.45, 7) is 3.11. The number of ether oxygens (including phenoxy) is 1. The van der Waals surface area contributed by atoms with Gasteiger partial charge in [0, 0.05) is 50.2 Å². The SMILES string of the molecule is COc1ccc(CN2C3CC2CN(c2ccccn2)C3)cn1. The molecule has 0 saturated carbocycles. The first-order chi connectivity index (χ1) is 10.8. The third-order valence-corrected chi connectivity index (χ3v) is 4.69. The Kier molecular flexibility index (Phi) is 3.42. The van der Waals surface area contributed by atoms with Crippen molar-refractivity contribution >= 4 is 5.82 Å². The third-order valence-electron chi connectivity index (χ3n) is 4.69. The van der Waals surface area contributed by atoms with Crippen LogP contribution in [0.15, 0.2) is 42.7 Å². The summed E-state index contributed by atoms with van der Waals surface area (Å²) in [5.74, 6) is 1.77. The van der Waals surface area contributed by atoms with Crippen LogP contribution in [0.3, 0.4) is 0 Å². The van der Waals surface area contributed by atoms with Crippen molar-refractivity contribution in [2.45, 2.75) is 25.0 Å². The van der Waals surface area contributed by atoms with Gasteiger partial charge in [-0.3, -0.25) is 4.90 Å². The molecular formula is C17H20N4O. The molecule has 2 unspecified atom stereocenters. The monoisotopic (exact) mass is 296 g/mol. The first-order valence-corrected chi connectivity index (χ1v) is 7.74. The average Bonchev–Trinajstić information content (AvgIpc) is 2.61. The molecule has 2 aromatic heterocycles. The molecule has 5 heterocycles. The van der Waals surface area contributed by atoms with Crippen LogP contribution in [0.1, 0.15) is 12.0 Å². The highest BCUT2D eigenvalue weighted by Gasteiger charge is 2.44. The van der Waals surface area contributed by atoms with Crippen molar-refractivity contribution in [1.82, 2.24) is 14.9 Å². The van der Waals surface area contributed by atoms with E-state index in [2.05, 4.69) is 38.0 Å². The van der Waals surface area contributed by atoms with E-state index in [9.17, 15) is 0 Å². The minimum absolute atomic E-state index is 0.628. The molecular weight excluding hydrogens is 276 g/mol. The van der Waals surface area contributed by atoms with Gasteiger partial charge >= 0.3 is 0 Å². The van der Waals surface area contributed by atoms with Crippen molar-refractivity contribution in [3.8, 4) is 5.88 Å². The lowest BCUT2D eigenvalue weighted by Crippen LogP contribution is -2.68. The van der Waals surface area contributed by atoms with E-state index in [1.54, 1.807) is 7.11 Å². The Hall–Kier alpha value is -2.14. The van der Waals surface area contributed by atoms with Gasteiger partial charge in [-0.15, -0.1) is 0 Å². The number of piperazine rings is 1. The number of pyridine rings is 2. The molecule has 0 aliphatic carbocycles. The van der Waals surface area contributed by atoms with Crippen molar-refractivity contribution in [3.63, 3.8) is 0 Å². The second kappa shape index (κ2) is 5.57. The Balaban J connectivity index is 1.40. The molecule has 22 heavy (non-hydrogen) atoms. The quantitative estimate of drug-likeness (QED) is 0.862. The van der Waals surface area contributed by atoms with E-state index >= 15 is 0 Å². The Morgan fingerprint density at radius 2 is 2.00 bits per heavy atom. The molecule has 114 valence electrons. The number of methoxy groups -OCH3 is 1. The standard InChI is InChI=1S/C17H20N4O/c1-22-17-6-5-13(9-19-17)10-21-14-8-15(21)12-20(11-14)16-4-2-3-7-18-16/h2-7,9,14-15H,8,10-12H2,1H3. The topological polar surface area (TPSA) is 41.5 Å². The molecule has 5 heteroatoms. The van der Waals surface area contributed by atoms with Crippen LogP contribution in [0.2, 0.25) is 0 Å². The Morgan fingerprint density at radius 1 is 1.14 bits per heavy atom. The van der Waals surface area contributed by atoms with Crippen LogP contribution in [0.4, 0.5) is 5.82 Å². The van der Waals surface area contributed by atoms with Gasteiger partial charge in [-0.2, -0.15) is 0 Å². The molecule has 0 spiro atoms. The number of fused-ring (bicyclic) bond motifs is 2. The third kappa shape index (κ3) is 2.41. The smallest absolute Gasteiger partial charge is 0.212 e. The molecule has 3 saturated heterocycles. The van der Waals surface area contributed by atoms with Crippen molar-refractivity contribution in [3.05, 3.63) is 48.3 Å². The molecule has 0 N–H and O–H groups in total. The lowest BCUT2D eigenvalue weighted by Gasteiger charge is -2.56. The fourth-order valence-corrected chi connectivity index (χ4v) is 3.51. The summed E-state index contributed by atoms with van der Waals surface area (Å²) in [5.41, 5.74) is 1.25. The van der Waals surface area contributed by atoms with E-state index in [1.807, 2.05) is 24.5 Å². The van der Waals surface area contributed by atoms with Crippen LogP contribution >= 0.6 is 0 Å². The van der Waals surface area contributed by atoms with Crippen LogP contribution in [0.5, 0.6) is 5.88 Å². The number of hydrogen-bond donors (Lipinski definition) is 0. The fourth-order valence-electron chi connectivity index (χ4n) is 3.51. The van der Waals surface area contributed by atoms with Crippen LogP contribution in [-0.2, 0) is 6.54 Å². The van der Waals surface area contributed by atoms with Gasteiger partial charge in [0.1, 0.15) is 5.82 Å². The van der Waals surface area contributed by atoms with Crippen LogP contribution in [0, 0.1) is 0 Å². The largest absolute Gasteiger partial charge is 0.481 e. The van der Waals surface area contributed by atoms with Crippen molar-refractivity contribution in [2.24, 2.45) is 0 Å². The molecule has 2 bridgehead atoms. The van der Waals surface area contributed by atoms with Crippen LogP contribution in [0.25, 0.3) is 0 Å². The molecule has 3 fully saturated rings. The predicted octanol–water partition coefficient (Wildman–Crippen LogP) is 1.95. The summed E-state index contributed by atoms with van der Waals surface area (Å²) >= 11 is 0. The van der Waals surface area contributed by atoms with E-state index < -0.39 is 0 Å². The predicted molar refractivity (Wildman–Crippen MR) is 85.0 cm³/mol. The van der Waals surface area contributed by atoms with Gasteiger partial charge in [-0.1, -0.05) is 12.1 Å².